The molecule has 1 amide bonds. The van der Waals surface area contributed by atoms with Crippen LogP contribution in [-0.4, -0.2) is 47.0 Å². The van der Waals surface area contributed by atoms with Gasteiger partial charge in [-0.15, -0.1) is 0 Å². The van der Waals surface area contributed by atoms with Gasteiger partial charge < -0.3 is 9.47 Å². The molecule has 178 valence electrons. The SMILES string of the molecule is CC(=O)OCC1=C2CC(C#N)(C#N)C3=C[C@H]4CC[C@@H]([C@@H]3C(C)=C2CC1=O)N4C(=O)OC(C)(C)C. The highest BCUT2D eigenvalue weighted by Gasteiger charge is 2.55. The Bertz CT molecular complexity index is 1140. The van der Waals surface area contributed by atoms with E-state index in [0.29, 0.717) is 23.1 Å². The van der Waals surface area contributed by atoms with Crippen LogP contribution in [0.4, 0.5) is 4.79 Å². The number of carbonyl (C=O) groups is 3. The van der Waals surface area contributed by atoms with E-state index < -0.39 is 23.1 Å². The molecule has 3 atom stereocenters. The number of Topliss-reactive ketones (excluding diaryl/α,β-unsaturated/α-hetero) is 1. The number of nitrogens with zero attached hydrogens (tertiary/aromatic N) is 3. The van der Waals surface area contributed by atoms with Crippen molar-refractivity contribution in [1.82, 2.24) is 4.90 Å². The maximum Gasteiger partial charge on any atom is 0.411 e. The van der Waals surface area contributed by atoms with Crippen molar-refractivity contribution in [3.63, 3.8) is 0 Å². The van der Waals surface area contributed by atoms with Crippen molar-refractivity contribution in [2.75, 3.05) is 6.61 Å². The highest BCUT2D eigenvalue weighted by Crippen LogP contribution is 2.55. The summed E-state index contributed by atoms with van der Waals surface area (Å²) in [5.74, 6) is -1.02. The molecule has 1 fully saturated rings. The van der Waals surface area contributed by atoms with Crippen molar-refractivity contribution in [2.24, 2.45) is 11.3 Å². The Morgan fingerprint density at radius 2 is 1.88 bits per heavy atom. The molecule has 2 aliphatic heterocycles. The van der Waals surface area contributed by atoms with Gasteiger partial charge in [0.15, 0.2) is 11.2 Å². The molecule has 0 aromatic rings. The standard InChI is InChI=1S/C26H29N3O5/c1-14-17-9-22(31)19(11-33-15(2)30)18(17)10-26(12-27,13-28)20-8-16-6-7-21(23(14)20)29(16)24(32)34-25(3,4)5/h8,16,21,23H,6-7,9-11H2,1-5H3/t16-,21+,23-/m1/s1. The molecule has 34 heavy (non-hydrogen) atoms. The molecule has 4 rings (SSSR count). The first-order valence-corrected chi connectivity index (χ1v) is 11.6. The minimum atomic E-state index is -1.48. The van der Waals surface area contributed by atoms with Crippen LogP contribution < -0.4 is 0 Å². The monoisotopic (exact) mass is 463 g/mol. The van der Waals surface area contributed by atoms with Crippen LogP contribution in [0, 0.1) is 34.0 Å². The zero-order valence-corrected chi connectivity index (χ0v) is 20.2. The zero-order valence-electron chi connectivity index (χ0n) is 20.2. The third-order valence-electron chi connectivity index (χ3n) is 7.25. The van der Waals surface area contributed by atoms with Crippen molar-refractivity contribution in [2.45, 2.75) is 78.0 Å². The van der Waals surface area contributed by atoms with Crippen LogP contribution in [-0.2, 0) is 19.1 Å². The minimum Gasteiger partial charge on any atom is -0.461 e. The van der Waals surface area contributed by atoms with E-state index in [1.165, 1.54) is 6.92 Å². The van der Waals surface area contributed by atoms with Gasteiger partial charge in [-0.25, -0.2) is 4.79 Å². The van der Waals surface area contributed by atoms with E-state index in [2.05, 4.69) is 12.1 Å². The lowest BCUT2D eigenvalue weighted by atomic mass is 9.69. The Morgan fingerprint density at radius 3 is 2.47 bits per heavy atom. The van der Waals surface area contributed by atoms with Crippen molar-refractivity contribution in [3.05, 3.63) is 33.9 Å². The Kier molecular flexibility index (Phi) is 5.68. The van der Waals surface area contributed by atoms with Gasteiger partial charge >= 0.3 is 12.1 Å². The fraction of sp³-hybridized carbons (Fsp3) is 0.577. The summed E-state index contributed by atoms with van der Waals surface area (Å²) in [6, 6.07) is 3.98. The molecule has 2 bridgehead atoms. The third-order valence-corrected chi connectivity index (χ3v) is 7.25. The molecular weight excluding hydrogens is 434 g/mol. The lowest BCUT2D eigenvalue weighted by molar-refractivity contribution is -0.140. The number of allylic oxidation sites excluding steroid dienone is 2. The highest BCUT2D eigenvalue weighted by atomic mass is 16.6. The first-order chi connectivity index (χ1) is 15.9. The van der Waals surface area contributed by atoms with Crippen molar-refractivity contribution < 1.29 is 23.9 Å². The van der Waals surface area contributed by atoms with Gasteiger partial charge in [0.2, 0.25) is 0 Å². The molecule has 0 saturated carbocycles. The van der Waals surface area contributed by atoms with Gasteiger partial charge in [-0.2, -0.15) is 10.5 Å². The van der Waals surface area contributed by atoms with Gasteiger partial charge in [0.25, 0.3) is 0 Å². The molecule has 0 aromatic carbocycles. The molecule has 0 radical (unpaired) electrons. The number of nitriles is 2. The molecule has 4 aliphatic rings. The lowest BCUT2D eigenvalue weighted by Crippen LogP contribution is -2.51. The first-order valence-electron chi connectivity index (χ1n) is 11.6. The molecule has 0 aromatic heterocycles. The van der Waals surface area contributed by atoms with Gasteiger partial charge in [0.1, 0.15) is 12.2 Å². The number of ether oxygens (including phenoxy) is 2. The van der Waals surface area contributed by atoms with E-state index in [1.54, 1.807) is 4.90 Å². The first kappa shape index (κ1) is 23.8. The molecule has 0 spiro atoms. The maximum absolute atomic E-state index is 13.1. The van der Waals surface area contributed by atoms with Crippen LogP contribution >= 0.6 is 0 Å². The fourth-order valence-electron chi connectivity index (χ4n) is 5.83. The molecule has 8 nitrogen and oxygen atoms in total. The van der Waals surface area contributed by atoms with Gasteiger partial charge in [0.05, 0.1) is 18.2 Å². The van der Waals surface area contributed by atoms with Crippen molar-refractivity contribution in [1.29, 1.82) is 10.5 Å². The highest BCUT2D eigenvalue weighted by molar-refractivity contribution is 6.03. The molecule has 0 N–H and O–H groups in total. The van der Waals surface area contributed by atoms with Crippen molar-refractivity contribution >= 4 is 17.8 Å². The molecule has 2 heterocycles. The number of ketones is 1. The lowest BCUT2D eigenvalue weighted by Gasteiger charge is -2.42. The summed E-state index contributed by atoms with van der Waals surface area (Å²) >= 11 is 0. The van der Waals surface area contributed by atoms with Crippen molar-refractivity contribution in [3.8, 4) is 12.1 Å². The van der Waals surface area contributed by atoms with Gasteiger partial charge in [-0.3, -0.25) is 14.5 Å². The summed E-state index contributed by atoms with van der Waals surface area (Å²) in [5, 5.41) is 20.5. The second-order valence-electron chi connectivity index (χ2n) is 10.5. The average molecular weight is 464 g/mol. The number of esters is 1. The van der Waals surface area contributed by atoms with Crippen LogP contribution in [0.25, 0.3) is 0 Å². The van der Waals surface area contributed by atoms with E-state index in [4.69, 9.17) is 9.47 Å². The van der Waals surface area contributed by atoms with E-state index in [-0.39, 0.29) is 43.2 Å². The minimum absolute atomic E-state index is 0.0588. The second-order valence-corrected chi connectivity index (χ2v) is 10.5. The topological polar surface area (TPSA) is 120 Å². The van der Waals surface area contributed by atoms with E-state index in [0.717, 1.165) is 17.6 Å². The van der Waals surface area contributed by atoms with Gasteiger partial charge in [-0.1, -0.05) is 11.6 Å². The van der Waals surface area contributed by atoms with Crippen LogP contribution in [0.3, 0.4) is 0 Å². The summed E-state index contributed by atoms with van der Waals surface area (Å²) in [6.45, 7) is 8.48. The average Bonchev–Trinajstić information content (AvgIpc) is 3.20. The van der Waals surface area contributed by atoms with Crippen LogP contribution in [0.15, 0.2) is 33.9 Å². The number of fused-ring (bicyclic) bond motifs is 5. The fourth-order valence-corrected chi connectivity index (χ4v) is 5.83. The Balaban J connectivity index is 1.87. The molecular formula is C26H29N3O5. The summed E-state index contributed by atoms with van der Waals surface area (Å²) in [7, 11) is 0. The predicted molar refractivity (Wildman–Crippen MR) is 121 cm³/mol. The zero-order chi connectivity index (χ0) is 25.0. The second kappa shape index (κ2) is 8.13. The van der Waals surface area contributed by atoms with E-state index >= 15 is 0 Å². The smallest absolute Gasteiger partial charge is 0.411 e. The Morgan fingerprint density at radius 1 is 1.21 bits per heavy atom. The number of rotatable bonds is 2. The summed E-state index contributed by atoms with van der Waals surface area (Å²) in [5.41, 5.74) is 1.24. The number of hydrogen-bond acceptors (Lipinski definition) is 7. The number of hydrogen-bond donors (Lipinski definition) is 0. The number of carbonyl (C=O) groups excluding carboxylic acids is 3. The van der Waals surface area contributed by atoms with E-state index in [1.807, 2.05) is 33.8 Å². The van der Waals surface area contributed by atoms with Crippen LogP contribution in [0.5, 0.6) is 0 Å². The molecule has 8 heteroatoms. The Hall–Kier alpha value is -3.39. The largest absolute Gasteiger partial charge is 0.461 e. The molecule has 1 saturated heterocycles. The molecule has 2 aliphatic carbocycles. The maximum atomic E-state index is 13.1. The predicted octanol–water partition coefficient (Wildman–Crippen LogP) is 3.90. The summed E-state index contributed by atoms with van der Waals surface area (Å²) in [6.07, 6.45) is 3.12. The summed E-state index contributed by atoms with van der Waals surface area (Å²) in [4.78, 5) is 39.2. The number of amides is 1. The van der Waals surface area contributed by atoms with Crippen LogP contribution in [0.1, 0.15) is 60.3 Å². The van der Waals surface area contributed by atoms with E-state index in [9.17, 15) is 24.9 Å². The normalized spacial score (nSPS) is 27.3. The van der Waals surface area contributed by atoms with Gasteiger partial charge in [0, 0.05) is 37.3 Å². The van der Waals surface area contributed by atoms with Crippen LogP contribution in [0.2, 0.25) is 0 Å². The van der Waals surface area contributed by atoms with Gasteiger partial charge in [-0.05, 0) is 57.3 Å². The third kappa shape index (κ3) is 3.72. The molecule has 0 unspecified atom stereocenters. The summed E-state index contributed by atoms with van der Waals surface area (Å²) < 4.78 is 10.8. The quantitative estimate of drug-likeness (QED) is 0.450. The Labute approximate surface area is 199 Å².